The summed E-state index contributed by atoms with van der Waals surface area (Å²) in [4.78, 5) is 8.55. The van der Waals surface area contributed by atoms with E-state index in [1.165, 1.54) is 6.42 Å². The number of aromatic nitrogens is 4. The van der Waals surface area contributed by atoms with Gasteiger partial charge in [-0.05, 0) is 35.2 Å². The molecular weight excluding hydrogens is 272 g/mol. The van der Waals surface area contributed by atoms with E-state index in [0.717, 1.165) is 35.2 Å². The molecule has 0 spiro atoms. The van der Waals surface area contributed by atoms with Crippen molar-refractivity contribution in [3.63, 3.8) is 0 Å². The molecule has 84 valence electrons. The van der Waals surface area contributed by atoms with E-state index in [1.54, 1.807) is 12.4 Å². The van der Waals surface area contributed by atoms with Crippen LogP contribution < -0.4 is 0 Å². The van der Waals surface area contributed by atoms with E-state index in [9.17, 15) is 0 Å². The van der Waals surface area contributed by atoms with Crippen molar-refractivity contribution in [1.82, 2.24) is 19.7 Å². The zero-order valence-electron chi connectivity index (χ0n) is 8.64. The largest absolute Gasteiger partial charge is 0.356 e. The molecule has 1 aliphatic heterocycles. The molecule has 0 bridgehead atoms. The molecule has 1 atom stereocenters. The van der Waals surface area contributed by atoms with E-state index in [1.807, 2.05) is 4.68 Å². The fourth-order valence-corrected chi connectivity index (χ4v) is 2.40. The Morgan fingerprint density at radius 2 is 2.19 bits per heavy atom. The van der Waals surface area contributed by atoms with Gasteiger partial charge in [-0.3, -0.25) is 0 Å². The average Bonchev–Trinajstić information content (AvgIpc) is 2.69. The smallest absolute Gasteiger partial charge is 0.180 e. The molecule has 2 aromatic heterocycles. The van der Waals surface area contributed by atoms with Gasteiger partial charge in [-0.15, -0.1) is 0 Å². The first kappa shape index (κ1) is 10.2. The second kappa shape index (κ2) is 4.10. The van der Waals surface area contributed by atoms with Crippen LogP contribution in [0.1, 0.15) is 25.5 Å². The summed E-state index contributed by atoms with van der Waals surface area (Å²) in [6.45, 7) is 0.796. The van der Waals surface area contributed by atoms with Crippen molar-refractivity contribution in [2.45, 2.75) is 25.5 Å². The highest BCUT2D eigenvalue weighted by molar-refractivity contribution is 9.10. The third-order valence-corrected chi connectivity index (χ3v) is 3.25. The highest BCUT2D eigenvalue weighted by Gasteiger charge is 2.21. The summed E-state index contributed by atoms with van der Waals surface area (Å²) in [7, 11) is 0. The summed E-state index contributed by atoms with van der Waals surface area (Å²) in [6.07, 6.45) is 6.63. The normalized spacial score (nSPS) is 21.4. The molecule has 0 saturated carbocycles. The predicted molar refractivity (Wildman–Crippen MR) is 61.9 cm³/mol. The van der Waals surface area contributed by atoms with Crippen molar-refractivity contribution in [3.05, 3.63) is 17.0 Å². The molecule has 1 aliphatic rings. The maximum absolute atomic E-state index is 5.70. The van der Waals surface area contributed by atoms with Crippen molar-refractivity contribution in [1.29, 1.82) is 0 Å². The maximum Gasteiger partial charge on any atom is 0.180 e. The number of nitrogens with zero attached hydrogens (tertiary/aromatic N) is 4. The minimum atomic E-state index is -0.000694. The second-order valence-corrected chi connectivity index (χ2v) is 4.54. The van der Waals surface area contributed by atoms with Crippen LogP contribution in [0.4, 0.5) is 0 Å². The number of hydrogen-bond acceptors (Lipinski definition) is 4. The summed E-state index contributed by atoms with van der Waals surface area (Å²) < 4.78 is 8.25. The summed E-state index contributed by atoms with van der Waals surface area (Å²) in [5.41, 5.74) is 1.57. The van der Waals surface area contributed by atoms with E-state index in [0.29, 0.717) is 0 Å². The molecule has 2 aromatic rings. The van der Waals surface area contributed by atoms with Crippen LogP contribution >= 0.6 is 15.9 Å². The van der Waals surface area contributed by atoms with Crippen molar-refractivity contribution in [3.8, 4) is 0 Å². The molecule has 0 aromatic carbocycles. The van der Waals surface area contributed by atoms with Gasteiger partial charge in [0.15, 0.2) is 16.5 Å². The van der Waals surface area contributed by atoms with E-state index < -0.39 is 0 Å². The fourth-order valence-electron chi connectivity index (χ4n) is 1.95. The van der Waals surface area contributed by atoms with Gasteiger partial charge in [-0.25, -0.2) is 14.6 Å². The van der Waals surface area contributed by atoms with E-state index in [-0.39, 0.29) is 6.23 Å². The van der Waals surface area contributed by atoms with Crippen LogP contribution in [-0.4, -0.2) is 26.4 Å². The van der Waals surface area contributed by atoms with Crippen LogP contribution in [0.15, 0.2) is 17.0 Å². The monoisotopic (exact) mass is 282 g/mol. The molecule has 0 N–H and O–H groups in total. The van der Waals surface area contributed by atoms with Gasteiger partial charge in [0.1, 0.15) is 5.52 Å². The van der Waals surface area contributed by atoms with Gasteiger partial charge in [0.25, 0.3) is 0 Å². The van der Waals surface area contributed by atoms with Crippen molar-refractivity contribution >= 4 is 27.1 Å². The Morgan fingerprint density at radius 1 is 1.31 bits per heavy atom. The van der Waals surface area contributed by atoms with Crippen LogP contribution in [0.5, 0.6) is 0 Å². The molecule has 6 heteroatoms. The van der Waals surface area contributed by atoms with Crippen LogP contribution in [0.25, 0.3) is 11.2 Å². The number of halogens is 1. The molecule has 3 heterocycles. The second-order valence-electron chi connectivity index (χ2n) is 3.79. The molecule has 0 aliphatic carbocycles. The van der Waals surface area contributed by atoms with E-state index in [4.69, 9.17) is 4.74 Å². The zero-order chi connectivity index (χ0) is 11.0. The number of ether oxygens (including phenoxy) is 1. The Bertz CT molecular complexity index is 506. The molecule has 1 unspecified atom stereocenters. The molecule has 3 rings (SSSR count). The van der Waals surface area contributed by atoms with Gasteiger partial charge < -0.3 is 4.74 Å². The Hall–Kier alpha value is -1.01. The quantitative estimate of drug-likeness (QED) is 0.805. The van der Waals surface area contributed by atoms with Crippen LogP contribution in [0.2, 0.25) is 0 Å². The lowest BCUT2D eigenvalue weighted by Crippen LogP contribution is -2.19. The van der Waals surface area contributed by atoms with Crippen molar-refractivity contribution in [2.75, 3.05) is 6.61 Å². The van der Waals surface area contributed by atoms with Crippen LogP contribution in [-0.2, 0) is 4.74 Å². The maximum atomic E-state index is 5.70. The number of rotatable bonds is 1. The standard InChI is InChI=1S/C10H11BrN4O/c11-9-8-10(13-5-4-12-8)15(14-9)7-3-1-2-6-16-7/h4-5,7H,1-3,6H2. The third kappa shape index (κ3) is 1.62. The molecular formula is C10H11BrN4O. The minimum absolute atomic E-state index is 0.000694. The van der Waals surface area contributed by atoms with Gasteiger partial charge in [0.05, 0.1) is 0 Å². The molecule has 16 heavy (non-hydrogen) atoms. The van der Waals surface area contributed by atoms with Crippen molar-refractivity contribution < 1.29 is 4.74 Å². The summed E-state index contributed by atoms with van der Waals surface area (Å²) >= 11 is 3.39. The first-order valence-electron chi connectivity index (χ1n) is 5.32. The number of hydrogen-bond donors (Lipinski definition) is 0. The van der Waals surface area contributed by atoms with Crippen LogP contribution in [0, 0.1) is 0 Å². The highest BCUT2D eigenvalue weighted by Crippen LogP contribution is 2.27. The van der Waals surface area contributed by atoms with Gasteiger partial charge in [-0.1, -0.05) is 0 Å². The molecule has 1 fully saturated rings. The Balaban J connectivity index is 2.08. The van der Waals surface area contributed by atoms with Gasteiger partial charge in [-0.2, -0.15) is 5.10 Å². The Morgan fingerprint density at radius 3 is 3.00 bits per heavy atom. The van der Waals surface area contributed by atoms with Crippen LogP contribution in [0.3, 0.4) is 0 Å². The molecule has 5 nitrogen and oxygen atoms in total. The average molecular weight is 283 g/mol. The zero-order valence-corrected chi connectivity index (χ0v) is 10.2. The Labute approximate surface area is 101 Å². The first-order valence-corrected chi connectivity index (χ1v) is 6.12. The number of fused-ring (bicyclic) bond motifs is 1. The van der Waals surface area contributed by atoms with E-state index >= 15 is 0 Å². The molecule has 0 amide bonds. The SMILES string of the molecule is Brc1nn(C2CCCCO2)c2nccnc12. The van der Waals surface area contributed by atoms with Gasteiger partial charge in [0, 0.05) is 19.0 Å². The highest BCUT2D eigenvalue weighted by atomic mass is 79.9. The lowest BCUT2D eigenvalue weighted by Gasteiger charge is -2.22. The topological polar surface area (TPSA) is 52.8 Å². The summed E-state index contributed by atoms with van der Waals surface area (Å²) in [5, 5.41) is 4.40. The minimum Gasteiger partial charge on any atom is -0.356 e. The third-order valence-electron chi connectivity index (χ3n) is 2.72. The van der Waals surface area contributed by atoms with E-state index in [2.05, 4.69) is 31.0 Å². The lowest BCUT2D eigenvalue weighted by molar-refractivity contribution is -0.0371. The molecule has 0 radical (unpaired) electrons. The fraction of sp³-hybridized carbons (Fsp3) is 0.500. The molecule has 1 saturated heterocycles. The Kier molecular flexibility index (Phi) is 2.61. The first-order chi connectivity index (χ1) is 7.86. The summed E-state index contributed by atoms with van der Waals surface area (Å²) in [5.74, 6) is 0. The van der Waals surface area contributed by atoms with Crippen molar-refractivity contribution in [2.24, 2.45) is 0 Å². The predicted octanol–water partition coefficient (Wildman–Crippen LogP) is 2.29. The van der Waals surface area contributed by atoms with Gasteiger partial charge >= 0.3 is 0 Å². The van der Waals surface area contributed by atoms with Gasteiger partial charge in [0.2, 0.25) is 0 Å². The lowest BCUT2D eigenvalue weighted by atomic mass is 10.2. The summed E-state index contributed by atoms with van der Waals surface area (Å²) in [6, 6.07) is 0.